The molecule has 1 unspecified atom stereocenters. The zero-order valence-electron chi connectivity index (χ0n) is 19.2. The Morgan fingerprint density at radius 1 is 0.968 bits per heavy atom. The van der Waals surface area contributed by atoms with E-state index in [9.17, 15) is 14.7 Å². The molecule has 3 heteroatoms. The molecule has 3 nitrogen and oxygen atoms in total. The highest BCUT2D eigenvalue weighted by Crippen LogP contribution is 2.46. The van der Waals surface area contributed by atoms with Crippen LogP contribution in [0.4, 0.5) is 0 Å². The van der Waals surface area contributed by atoms with Crippen molar-refractivity contribution in [2.75, 3.05) is 0 Å². The Morgan fingerprint density at radius 2 is 1.55 bits per heavy atom. The first-order valence-electron chi connectivity index (χ1n) is 11.2. The van der Waals surface area contributed by atoms with Crippen LogP contribution in [0.3, 0.4) is 0 Å². The van der Waals surface area contributed by atoms with Crippen LogP contribution in [0.2, 0.25) is 0 Å². The number of aryl methyl sites for hydroxylation is 1. The summed E-state index contributed by atoms with van der Waals surface area (Å²) >= 11 is 0. The molecule has 0 heterocycles. The number of ketones is 2. The second kappa shape index (κ2) is 7.56. The number of aliphatic hydroxyl groups excluding tert-OH is 1. The summed E-state index contributed by atoms with van der Waals surface area (Å²) < 4.78 is 0. The number of hydrogen-bond acceptors (Lipinski definition) is 3. The molecule has 2 aliphatic carbocycles. The smallest absolute Gasteiger partial charge is 0.193 e. The first-order chi connectivity index (χ1) is 14.5. The van der Waals surface area contributed by atoms with Crippen molar-refractivity contribution in [1.29, 1.82) is 0 Å². The highest BCUT2D eigenvalue weighted by Gasteiger charge is 2.37. The van der Waals surface area contributed by atoms with E-state index in [4.69, 9.17) is 0 Å². The molecule has 0 saturated carbocycles. The summed E-state index contributed by atoms with van der Waals surface area (Å²) in [5, 5.41) is 9.87. The van der Waals surface area contributed by atoms with Crippen molar-refractivity contribution in [3.63, 3.8) is 0 Å². The van der Waals surface area contributed by atoms with Gasteiger partial charge in [0.15, 0.2) is 11.6 Å². The van der Waals surface area contributed by atoms with E-state index in [1.165, 1.54) is 11.1 Å². The second-order valence-electron chi connectivity index (χ2n) is 10.5. The summed E-state index contributed by atoms with van der Waals surface area (Å²) in [6, 6.07) is 11.5. The maximum absolute atomic E-state index is 13.4. The van der Waals surface area contributed by atoms with Crippen molar-refractivity contribution in [3.05, 3.63) is 75.9 Å². The Bertz CT molecular complexity index is 1080. The van der Waals surface area contributed by atoms with Crippen LogP contribution in [0.25, 0.3) is 5.57 Å². The lowest BCUT2D eigenvalue weighted by Gasteiger charge is -2.42. The van der Waals surface area contributed by atoms with E-state index in [1.807, 2.05) is 19.1 Å². The predicted molar refractivity (Wildman–Crippen MR) is 125 cm³/mol. The number of carbonyl (C=O) groups is 2. The molecule has 4 rings (SSSR count). The molecule has 0 aliphatic heterocycles. The maximum atomic E-state index is 13.4. The molecule has 1 N–H and O–H groups in total. The van der Waals surface area contributed by atoms with E-state index >= 15 is 0 Å². The topological polar surface area (TPSA) is 54.4 Å². The SMILES string of the molecule is Cc1cc2c(cc1C(=O)c1ccc(C3=CC(O)CCC3=O)cc1)C(C)(C)CCC2(C)C. The van der Waals surface area contributed by atoms with Crippen LogP contribution >= 0.6 is 0 Å². The third-order valence-electron chi connectivity index (χ3n) is 7.23. The summed E-state index contributed by atoms with van der Waals surface area (Å²) in [6.07, 6.45) is 4.12. The maximum Gasteiger partial charge on any atom is 0.193 e. The van der Waals surface area contributed by atoms with Crippen molar-refractivity contribution >= 4 is 17.1 Å². The minimum absolute atomic E-state index is 0.00927. The molecular formula is C28H32O3. The lowest BCUT2D eigenvalue weighted by atomic mass is 9.62. The fraction of sp³-hybridized carbons (Fsp3) is 0.429. The molecular weight excluding hydrogens is 384 g/mol. The van der Waals surface area contributed by atoms with E-state index in [2.05, 4.69) is 39.8 Å². The average Bonchev–Trinajstić information content (AvgIpc) is 2.73. The van der Waals surface area contributed by atoms with Crippen molar-refractivity contribution < 1.29 is 14.7 Å². The highest BCUT2D eigenvalue weighted by atomic mass is 16.3. The number of rotatable bonds is 3. The number of hydrogen-bond donors (Lipinski definition) is 1. The van der Waals surface area contributed by atoms with Crippen LogP contribution in [0.1, 0.15) is 91.6 Å². The largest absolute Gasteiger partial charge is 0.389 e. The summed E-state index contributed by atoms with van der Waals surface area (Å²) in [7, 11) is 0. The van der Waals surface area contributed by atoms with E-state index in [0.717, 1.165) is 29.5 Å². The van der Waals surface area contributed by atoms with Gasteiger partial charge in [-0.25, -0.2) is 0 Å². The number of fused-ring (bicyclic) bond motifs is 1. The number of aliphatic hydroxyl groups is 1. The number of benzene rings is 2. The summed E-state index contributed by atoms with van der Waals surface area (Å²) in [5.41, 5.74) is 6.47. The Balaban J connectivity index is 1.70. The lowest BCUT2D eigenvalue weighted by molar-refractivity contribution is -0.114. The second-order valence-corrected chi connectivity index (χ2v) is 10.5. The van der Waals surface area contributed by atoms with Gasteiger partial charge in [0.05, 0.1) is 6.10 Å². The van der Waals surface area contributed by atoms with Crippen LogP contribution in [0, 0.1) is 6.92 Å². The quantitative estimate of drug-likeness (QED) is 0.655. The van der Waals surface area contributed by atoms with Gasteiger partial charge in [0.2, 0.25) is 0 Å². The molecule has 0 aromatic heterocycles. The molecule has 2 aliphatic rings. The van der Waals surface area contributed by atoms with Gasteiger partial charge in [0, 0.05) is 23.1 Å². The summed E-state index contributed by atoms with van der Waals surface area (Å²) in [4.78, 5) is 25.6. The molecule has 1 atom stereocenters. The number of Topliss-reactive ketones (excluding diaryl/α,β-unsaturated/α-hetero) is 1. The monoisotopic (exact) mass is 416 g/mol. The van der Waals surface area contributed by atoms with Crippen LogP contribution < -0.4 is 0 Å². The van der Waals surface area contributed by atoms with Gasteiger partial charge in [0.25, 0.3) is 0 Å². The van der Waals surface area contributed by atoms with Crippen molar-refractivity contribution in [3.8, 4) is 0 Å². The molecule has 0 amide bonds. The molecule has 0 bridgehead atoms. The molecule has 31 heavy (non-hydrogen) atoms. The van der Waals surface area contributed by atoms with Gasteiger partial charge in [-0.3, -0.25) is 9.59 Å². The van der Waals surface area contributed by atoms with Gasteiger partial charge in [0.1, 0.15) is 0 Å². The van der Waals surface area contributed by atoms with E-state index in [-0.39, 0.29) is 22.4 Å². The van der Waals surface area contributed by atoms with Crippen LogP contribution in [-0.2, 0) is 15.6 Å². The molecule has 162 valence electrons. The normalized spacial score (nSPS) is 21.9. The molecule has 2 aromatic rings. The Morgan fingerprint density at radius 3 is 2.16 bits per heavy atom. The fourth-order valence-electron chi connectivity index (χ4n) is 4.96. The Hall–Kier alpha value is -2.52. The van der Waals surface area contributed by atoms with Gasteiger partial charge in [-0.05, 0) is 71.4 Å². The number of allylic oxidation sites excluding steroid dienone is 1. The predicted octanol–water partition coefficient (Wildman–Crippen LogP) is 5.68. The molecule has 0 saturated heterocycles. The molecule has 0 spiro atoms. The van der Waals surface area contributed by atoms with Crippen LogP contribution in [0.5, 0.6) is 0 Å². The number of carbonyl (C=O) groups excluding carboxylic acids is 2. The molecule has 0 radical (unpaired) electrons. The molecule has 2 aromatic carbocycles. The molecule has 0 fully saturated rings. The lowest BCUT2D eigenvalue weighted by Crippen LogP contribution is -2.34. The zero-order valence-corrected chi connectivity index (χ0v) is 19.2. The fourth-order valence-corrected chi connectivity index (χ4v) is 4.96. The van der Waals surface area contributed by atoms with Crippen molar-refractivity contribution in [2.45, 2.75) is 77.2 Å². The Kier molecular flexibility index (Phi) is 5.29. The van der Waals surface area contributed by atoms with Crippen molar-refractivity contribution in [1.82, 2.24) is 0 Å². The zero-order chi connectivity index (χ0) is 22.6. The van der Waals surface area contributed by atoms with Crippen LogP contribution in [0.15, 0.2) is 42.5 Å². The average molecular weight is 417 g/mol. The minimum Gasteiger partial charge on any atom is -0.389 e. The highest BCUT2D eigenvalue weighted by molar-refractivity contribution is 6.21. The first-order valence-corrected chi connectivity index (χ1v) is 11.2. The minimum atomic E-state index is -0.584. The van der Waals surface area contributed by atoms with Gasteiger partial charge < -0.3 is 5.11 Å². The first kappa shape index (κ1) is 21.7. The van der Waals surface area contributed by atoms with Gasteiger partial charge in [-0.1, -0.05) is 58.0 Å². The van der Waals surface area contributed by atoms with Gasteiger partial charge >= 0.3 is 0 Å². The van der Waals surface area contributed by atoms with Gasteiger partial charge in [-0.15, -0.1) is 0 Å². The third kappa shape index (κ3) is 3.92. The standard InChI is InChI=1S/C28H32O3/c1-17-14-23-24(28(4,5)13-12-27(23,2)3)16-21(17)26(31)19-8-6-18(7-9-19)22-15-20(29)10-11-25(22)30/h6-9,14-16,20,29H,10-13H2,1-5H3. The van der Waals surface area contributed by atoms with E-state index in [1.54, 1.807) is 18.2 Å². The summed E-state index contributed by atoms with van der Waals surface area (Å²) in [5.74, 6) is 0.0507. The summed E-state index contributed by atoms with van der Waals surface area (Å²) in [6.45, 7) is 11.1. The van der Waals surface area contributed by atoms with Crippen LogP contribution in [-0.4, -0.2) is 22.8 Å². The Labute approximate surface area is 185 Å². The van der Waals surface area contributed by atoms with E-state index in [0.29, 0.717) is 24.0 Å². The van der Waals surface area contributed by atoms with Crippen molar-refractivity contribution in [2.24, 2.45) is 0 Å². The third-order valence-corrected chi connectivity index (χ3v) is 7.23. The van der Waals surface area contributed by atoms with Gasteiger partial charge in [-0.2, -0.15) is 0 Å². The van der Waals surface area contributed by atoms with E-state index < -0.39 is 6.10 Å².